The molecule has 0 amide bonds. The number of thiophene rings is 1. The molecule has 0 bridgehead atoms. The molecule has 0 atom stereocenters. The van der Waals surface area contributed by atoms with Crippen LogP contribution in [0, 0.1) is 0 Å². The molecular weight excluding hydrogens is 270 g/mol. The number of ether oxygens (including phenoxy) is 2. The molecule has 96 valence electrons. The van der Waals surface area contributed by atoms with E-state index in [0.29, 0.717) is 24.7 Å². The number of nitrogens with two attached hydrogens (primary N) is 1. The zero-order valence-corrected chi connectivity index (χ0v) is 11.6. The van der Waals surface area contributed by atoms with E-state index in [1.807, 2.05) is 30.3 Å². The Morgan fingerprint density at radius 2 is 2.11 bits per heavy atom. The lowest BCUT2D eigenvalue weighted by Gasteiger charge is -2.13. The Kier molecular flexibility index (Phi) is 4.47. The lowest BCUT2D eigenvalue weighted by atomic mass is 10.2. The summed E-state index contributed by atoms with van der Waals surface area (Å²) in [5.41, 5.74) is 6.62. The first kappa shape index (κ1) is 13.2. The summed E-state index contributed by atoms with van der Waals surface area (Å²) < 4.78 is 11.8. The molecule has 2 N–H and O–H groups in total. The van der Waals surface area contributed by atoms with Crippen molar-refractivity contribution < 1.29 is 9.47 Å². The van der Waals surface area contributed by atoms with Crippen LogP contribution in [0.15, 0.2) is 30.3 Å². The lowest BCUT2D eigenvalue weighted by Crippen LogP contribution is -2.03. The quantitative estimate of drug-likeness (QED) is 0.914. The topological polar surface area (TPSA) is 44.5 Å². The van der Waals surface area contributed by atoms with Crippen molar-refractivity contribution in [2.75, 3.05) is 7.11 Å². The minimum atomic E-state index is 0.414. The molecular formula is C13H14ClNO2S. The van der Waals surface area contributed by atoms with Crippen LogP contribution in [-0.4, -0.2) is 7.11 Å². The second kappa shape index (κ2) is 6.09. The third-order valence-corrected chi connectivity index (χ3v) is 3.69. The third kappa shape index (κ3) is 2.96. The first-order chi connectivity index (χ1) is 8.74. The molecule has 1 aromatic heterocycles. The van der Waals surface area contributed by atoms with Crippen molar-refractivity contribution in [2.24, 2.45) is 5.73 Å². The van der Waals surface area contributed by atoms with Crippen LogP contribution in [0.4, 0.5) is 0 Å². The van der Waals surface area contributed by atoms with Crippen molar-refractivity contribution in [3.63, 3.8) is 0 Å². The van der Waals surface area contributed by atoms with Gasteiger partial charge in [0.2, 0.25) is 0 Å². The maximum Gasteiger partial charge on any atom is 0.166 e. The molecule has 0 aliphatic heterocycles. The molecule has 3 nitrogen and oxygen atoms in total. The van der Waals surface area contributed by atoms with Gasteiger partial charge in [-0.15, -0.1) is 11.3 Å². The van der Waals surface area contributed by atoms with Crippen molar-refractivity contribution in [3.05, 3.63) is 45.1 Å². The van der Waals surface area contributed by atoms with E-state index in [9.17, 15) is 0 Å². The van der Waals surface area contributed by atoms with Gasteiger partial charge in [-0.25, -0.2) is 0 Å². The van der Waals surface area contributed by atoms with Gasteiger partial charge in [0.1, 0.15) is 6.61 Å². The average molecular weight is 284 g/mol. The number of hydrogen-bond donors (Lipinski definition) is 1. The highest BCUT2D eigenvalue weighted by Gasteiger charge is 2.10. The minimum Gasteiger partial charge on any atom is -0.493 e. The van der Waals surface area contributed by atoms with Crippen LogP contribution >= 0.6 is 22.9 Å². The highest BCUT2D eigenvalue weighted by molar-refractivity contribution is 7.16. The van der Waals surface area contributed by atoms with Gasteiger partial charge in [-0.05, 0) is 18.2 Å². The minimum absolute atomic E-state index is 0.414. The Labute approximate surface area is 115 Å². The SMILES string of the molecule is COc1cccc(CN)c1OCc1ccc(Cl)s1. The maximum absolute atomic E-state index is 5.88. The fourth-order valence-corrected chi connectivity index (χ4v) is 2.62. The third-order valence-electron chi connectivity index (χ3n) is 2.49. The first-order valence-electron chi connectivity index (χ1n) is 5.47. The lowest BCUT2D eigenvalue weighted by molar-refractivity contribution is 0.284. The first-order valence-corrected chi connectivity index (χ1v) is 6.67. The summed E-state index contributed by atoms with van der Waals surface area (Å²) in [6.07, 6.45) is 0. The van der Waals surface area contributed by atoms with Gasteiger partial charge in [0.25, 0.3) is 0 Å². The predicted molar refractivity (Wildman–Crippen MR) is 74.5 cm³/mol. The fraction of sp³-hybridized carbons (Fsp3) is 0.231. The largest absolute Gasteiger partial charge is 0.493 e. The van der Waals surface area contributed by atoms with Gasteiger partial charge < -0.3 is 15.2 Å². The van der Waals surface area contributed by atoms with Gasteiger partial charge >= 0.3 is 0 Å². The van der Waals surface area contributed by atoms with E-state index in [1.54, 1.807) is 7.11 Å². The molecule has 0 aliphatic rings. The number of halogens is 1. The van der Waals surface area contributed by atoms with Crippen molar-refractivity contribution in [2.45, 2.75) is 13.2 Å². The van der Waals surface area contributed by atoms with Gasteiger partial charge in [0.15, 0.2) is 11.5 Å². The molecule has 18 heavy (non-hydrogen) atoms. The van der Waals surface area contributed by atoms with Crippen LogP contribution in [0.5, 0.6) is 11.5 Å². The highest BCUT2D eigenvalue weighted by atomic mass is 35.5. The smallest absolute Gasteiger partial charge is 0.166 e. The number of para-hydroxylation sites is 1. The molecule has 0 spiro atoms. The molecule has 0 saturated carbocycles. The Hall–Kier alpha value is -1.23. The normalized spacial score (nSPS) is 10.4. The van der Waals surface area contributed by atoms with Crippen LogP contribution in [0.25, 0.3) is 0 Å². The summed E-state index contributed by atoms with van der Waals surface area (Å²) in [5, 5.41) is 0. The molecule has 0 saturated heterocycles. The number of rotatable bonds is 5. The second-order valence-electron chi connectivity index (χ2n) is 3.65. The molecule has 0 fully saturated rings. The zero-order valence-electron chi connectivity index (χ0n) is 9.98. The van der Waals surface area contributed by atoms with Crippen molar-refractivity contribution >= 4 is 22.9 Å². The summed E-state index contributed by atoms with van der Waals surface area (Å²) in [5.74, 6) is 1.40. The summed E-state index contributed by atoms with van der Waals surface area (Å²) in [7, 11) is 1.62. The molecule has 2 rings (SSSR count). The molecule has 5 heteroatoms. The van der Waals surface area contributed by atoms with E-state index in [-0.39, 0.29) is 0 Å². The monoisotopic (exact) mass is 283 g/mol. The number of benzene rings is 1. The maximum atomic E-state index is 5.88. The van der Waals surface area contributed by atoms with Crippen molar-refractivity contribution in [1.29, 1.82) is 0 Å². The van der Waals surface area contributed by atoms with Gasteiger partial charge in [0.05, 0.1) is 11.4 Å². The van der Waals surface area contributed by atoms with Crippen molar-refractivity contribution in [1.82, 2.24) is 0 Å². The van der Waals surface area contributed by atoms with Gasteiger partial charge in [0, 0.05) is 17.0 Å². The van der Waals surface area contributed by atoms with E-state index in [2.05, 4.69) is 0 Å². The molecule has 2 aromatic rings. The Bertz CT molecular complexity index is 505. The standard InChI is InChI=1S/C13H14ClNO2S/c1-16-11-4-2-3-9(7-15)13(11)17-8-10-5-6-12(14)18-10/h2-6H,7-8,15H2,1H3. The van der Waals surface area contributed by atoms with Gasteiger partial charge in [-0.1, -0.05) is 23.7 Å². The molecule has 0 aliphatic carbocycles. The Balaban J connectivity index is 2.17. The number of hydrogen-bond acceptors (Lipinski definition) is 4. The van der Waals surface area contributed by atoms with Crippen LogP contribution in [0.3, 0.4) is 0 Å². The van der Waals surface area contributed by atoms with Gasteiger partial charge in [-0.2, -0.15) is 0 Å². The summed E-state index contributed by atoms with van der Waals surface area (Å²) in [6.45, 7) is 0.877. The predicted octanol–water partition coefficient (Wildman–Crippen LogP) is 3.45. The van der Waals surface area contributed by atoms with Crippen LogP contribution in [0.2, 0.25) is 4.34 Å². The zero-order chi connectivity index (χ0) is 13.0. The molecule has 1 aromatic carbocycles. The summed E-state index contributed by atoms with van der Waals surface area (Å²) in [6, 6.07) is 9.49. The van der Waals surface area contributed by atoms with Crippen LogP contribution in [-0.2, 0) is 13.2 Å². The average Bonchev–Trinajstić information content (AvgIpc) is 2.81. The Morgan fingerprint density at radius 3 is 2.72 bits per heavy atom. The molecule has 1 heterocycles. The van der Waals surface area contributed by atoms with Crippen LogP contribution in [0.1, 0.15) is 10.4 Å². The van der Waals surface area contributed by atoms with E-state index in [0.717, 1.165) is 14.8 Å². The van der Waals surface area contributed by atoms with E-state index in [1.165, 1.54) is 11.3 Å². The number of methoxy groups -OCH3 is 1. The second-order valence-corrected chi connectivity index (χ2v) is 5.45. The highest BCUT2D eigenvalue weighted by Crippen LogP contribution is 2.32. The van der Waals surface area contributed by atoms with E-state index in [4.69, 9.17) is 26.8 Å². The van der Waals surface area contributed by atoms with E-state index < -0.39 is 0 Å². The summed E-state index contributed by atoms with van der Waals surface area (Å²) >= 11 is 7.38. The van der Waals surface area contributed by atoms with Crippen molar-refractivity contribution in [3.8, 4) is 11.5 Å². The molecule has 0 unspecified atom stereocenters. The van der Waals surface area contributed by atoms with E-state index >= 15 is 0 Å². The fourth-order valence-electron chi connectivity index (χ4n) is 1.62. The van der Waals surface area contributed by atoms with Gasteiger partial charge in [-0.3, -0.25) is 0 Å². The molecule has 0 radical (unpaired) electrons. The van der Waals surface area contributed by atoms with Crippen LogP contribution < -0.4 is 15.2 Å². The Morgan fingerprint density at radius 1 is 1.28 bits per heavy atom. The summed E-state index contributed by atoms with van der Waals surface area (Å²) in [4.78, 5) is 1.06.